The molecule has 0 aliphatic carbocycles. The molecule has 3 rings (SSSR count). The van der Waals surface area contributed by atoms with Crippen LogP contribution >= 0.6 is 0 Å². The fraction of sp³-hybridized carbons (Fsp3) is 0.462. The first kappa shape index (κ1) is 14.3. The molecular weight excluding hydrogens is 292 g/mol. The van der Waals surface area contributed by atoms with Gasteiger partial charge in [0.05, 0.1) is 6.10 Å². The number of hydrogen-bond acceptors (Lipinski definition) is 5. The largest absolute Gasteiger partial charge is 0.391 e. The maximum absolute atomic E-state index is 12.8. The molecule has 0 aromatic carbocycles. The Morgan fingerprint density at radius 1 is 1.43 bits per heavy atom. The number of nitrogen functional groups attached to an aromatic ring is 1. The molecule has 2 atom stereocenters. The molecule has 0 bridgehead atoms. The molecule has 1 fully saturated rings. The quantitative estimate of drug-likeness (QED) is 0.831. The molecule has 2 unspecified atom stereocenters. The van der Waals surface area contributed by atoms with E-state index in [0.717, 1.165) is 0 Å². The molecule has 1 aliphatic rings. The number of nitrogens with zero attached hydrogens (tertiary/aromatic N) is 3. The summed E-state index contributed by atoms with van der Waals surface area (Å²) in [6, 6.07) is 5.19. The van der Waals surface area contributed by atoms with Crippen LogP contribution in [-0.2, 0) is 10.0 Å². The third kappa shape index (κ3) is 2.29. The van der Waals surface area contributed by atoms with Crippen molar-refractivity contribution < 1.29 is 13.5 Å². The number of aromatic nitrogens is 2. The summed E-state index contributed by atoms with van der Waals surface area (Å²) in [6.45, 7) is 2.38. The van der Waals surface area contributed by atoms with Crippen LogP contribution < -0.4 is 5.73 Å². The van der Waals surface area contributed by atoms with Gasteiger partial charge in [-0.1, -0.05) is 13.0 Å². The Kier molecular flexibility index (Phi) is 3.39. The summed E-state index contributed by atoms with van der Waals surface area (Å²) in [7, 11) is -3.78. The zero-order valence-electron chi connectivity index (χ0n) is 11.7. The highest BCUT2D eigenvalue weighted by Crippen LogP contribution is 2.27. The number of β-amino-alcohol motifs (C(OH)–C–C–N with tert-alkyl or cyclic N) is 1. The second-order valence-electron chi connectivity index (χ2n) is 5.43. The second kappa shape index (κ2) is 4.97. The van der Waals surface area contributed by atoms with Crippen molar-refractivity contribution in [3.8, 4) is 0 Å². The number of aliphatic hydroxyl groups is 1. The van der Waals surface area contributed by atoms with Gasteiger partial charge in [-0.3, -0.25) is 4.40 Å². The van der Waals surface area contributed by atoms with Crippen LogP contribution in [0.4, 0.5) is 5.82 Å². The van der Waals surface area contributed by atoms with Gasteiger partial charge in [0.15, 0.2) is 10.8 Å². The highest BCUT2D eigenvalue weighted by molar-refractivity contribution is 7.89. The lowest BCUT2D eigenvalue weighted by molar-refractivity contribution is 0.0604. The summed E-state index contributed by atoms with van der Waals surface area (Å²) >= 11 is 0. The van der Waals surface area contributed by atoms with E-state index in [4.69, 9.17) is 5.73 Å². The fourth-order valence-electron chi connectivity index (χ4n) is 2.61. The second-order valence-corrected chi connectivity index (χ2v) is 7.28. The summed E-state index contributed by atoms with van der Waals surface area (Å²) in [6.07, 6.45) is 1.58. The first-order valence-electron chi connectivity index (χ1n) is 6.82. The third-order valence-electron chi connectivity index (χ3n) is 3.98. The van der Waals surface area contributed by atoms with Gasteiger partial charge in [-0.05, 0) is 24.5 Å². The molecule has 0 amide bonds. The van der Waals surface area contributed by atoms with Gasteiger partial charge in [-0.15, -0.1) is 0 Å². The summed E-state index contributed by atoms with van der Waals surface area (Å²) in [5.74, 6) is 0.0743. The van der Waals surface area contributed by atoms with E-state index >= 15 is 0 Å². The van der Waals surface area contributed by atoms with Crippen molar-refractivity contribution in [2.24, 2.45) is 5.92 Å². The Bertz CT molecular complexity index is 771. The Morgan fingerprint density at radius 2 is 2.19 bits per heavy atom. The molecule has 21 heavy (non-hydrogen) atoms. The minimum Gasteiger partial charge on any atom is -0.391 e. The third-order valence-corrected chi connectivity index (χ3v) is 5.88. The van der Waals surface area contributed by atoms with Gasteiger partial charge in [-0.25, -0.2) is 13.4 Å². The zero-order chi connectivity index (χ0) is 15.2. The summed E-state index contributed by atoms with van der Waals surface area (Å²) in [5, 5.41) is 9.90. The van der Waals surface area contributed by atoms with Gasteiger partial charge in [0.2, 0.25) is 0 Å². The van der Waals surface area contributed by atoms with Crippen molar-refractivity contribution >= 4 is 21.5 Å². The number of anilines is 1. The molecule has 0 saturated carbocycles. The SMILES string of the molecule is CC1CCN(S(=O)(=O)c2c(N)nc3ccccn23)CC1O. The van der Waals surface area contributed by atoms with Gasteiger partial charge in [-0.2, -0.15) is 4.31 Å². The maximum atomic E-state index is 12.8. The number of aliphatic hydroxyl groups excluding tert-OH is 1. The number of imidazole rings is 1. The lowest BCUT2D eigenvalue weighted by Crippen LogP contribution is -2.46. The van der Waals surface area contributed by atoms with Crippen LogP contribution in [0, 0.1) is 5.92 Å². The van der Waals surface area contributed by atoms with Gasteiger partial charge >= 0.3 is 0 Å². The molecule has 1 saturated heterocycles. The van der Waals surface area contributed by atoms with Gasteiger partial charge in [0, 0.05) is 19.3 Å². The van der Waals surface area contributed by atoms with E-state index in [0.29, 0.717) is 18.6 Å². The monoisotopic (exact) mass is 310 g/mol. The van der Waals surface area contributed by atoms with E-state index in [1.165, 1.54) is 8.71 Å². The Balaban J connectivity index is 2.07. The Hall–Kier alpha value is -1.64. The number of sulfonamides is 1. The molecule has 2 aromatic heterocycles. The number of hydrogen-bond donors (Lipinski definition) is 2. The summed E-state index contributed by atoms with van der Waals surface area (Å²) < 4.78 is 28.4. The highest BCUT2D eigenvalue weighted by Gasteiger charge is 2.36. The average molecular weight is 310 g/mol. The maximum Gasteiger partial charge on any atom is 0.262 e. The number of rotatable bonds is 2. The highest BCUT2D eigenvalue weighted by atomic mass is 32.2. The summed E-state index contributed by atoms with van der Waals surface area (Å²) in [5.41, 5.74) is 6.29. The molecule has 3 heterocycles. The van der Waals surface area contributed by atoms with Crippen molar-refractivity contribution in [3.63, 3.8) is 0 Å². The molecular formula is C13H18N4O3S. The molecule has 7 nitrogen and oxygen atoms in total. The summed E-state index contributed by atoms with van der Waals surface area (Å²) in [4.78, 5) is 4.08. The van der Waals surface area contributed by atoms with Crippen LogP contribution in [0.2, 0.25) is 0 Å². The number of fused-ring (bicyclic) bond motifs is 1. The molecule has 2 aromatic rings. The van der Waals surface area contributed by atoms with E-state index in [-0.39, 0.29) is 23.3 Å². The molecule has 3 N–H and O–H groups in total. The van der Waals surface area contributed by atoms with Crippen molar-refractivity contribution in [2.45, 2.75) is 24.5 Å². The zero-order valence-corrected chi connectivity index (χ0v) is 12.5. The number of piperidine rings is 1. The van der Waals surface area contributed by atoms with E-state index < -0.39 is 16.1 Å². The van der Waals surface area contributed by atoms with Crippen LogP contribution in [-0.4, -0.2) is 46.4 Å². The number of nitrogens with two attached hydrogens (primary N) is 1. The minimum absolute atomic E-state index is 0.0192. The van der Waals surface area contributed by atoms with Gasteiger partial charge in [0.1, 0.15) is 5.65 Å². The van der Waals surface area contributed by atoms with Crippen molar-refractivity contribution in [2.75, 3.05) is 18.8 Å². The number of pyridine rings is 1. The normalized spacial score (nSPS) is 24.5. The lowest BCUT2D eigenvalue weighted by atomic mass is 9.98. The smallest absolute Gasteiger partial charge is 0.262 e. The van der Waals surface area contributed by atoms with Crippen LogP contribution in [0.3, 0.4) is 0 Å². The van der Waals surface area contributed by atoms with Gasteiger partial charge in [0.25, 0.3) is 10.0 Å². The molecule has 114 valence electrons. The van der Waals surface area contributed by atoms with Crippen molar-refractivity contribution in [1.82, 2.24) is 13.7 Å². The van der Waals surface area contributed by atoms with Crippen LogP contribution in [0.25, 0.3) is 5.65 Å². The van der Waals surface area contributed by atoms with E-state index in [2.05, 4.69) is 4.98 Å². The van der Waals surface area contributed by atoms with Crippen LogP contribution in [0.1, 0.15) is 13.3 Å². The van der Waals surface area contributed by atoms with Crippen LogP contribution in [0.5, 0.6) is 0 Å². The Labute approximate surface area is 123 Å². The van der Waals surface area contributed by atoms with Crippen molar-refractivity contribution in [3.05, 3.63) is 24.4 Å². The van der Waals surface area contributed by atoms with E-state index in [1.54, 1.807) is 24.4 Å². The topological polar surface area (TPSA) is 101 Å². The Morgan fingerprint density at radius 3 is 2.90 bits per heavy atom. The molecule has 0 radical (unpaired) electrons. The predicted octanol–water partition coefficient (Wildman–Crippen LogP) is 0.308. The molecule has 8 heteroatoms. The standard InChI is InChI=1S/C13H18N4O3S/c1-9-5-7-16(8-10(9)18)21(19,20)13-12(14)15-11-4-2-3-6-17(11)13/h2-4,6,9-10,18H,5,7-8,14H2,1H3. The fourth-order valence-corrected chi connectivity index (χ4v) is 4.26. The van der Waals surface area contributed by atoms with Gasteiger partial charge < -0.3 is 10.8 Å². The van der Waals surface area contributed by atoms with E-state index in [1.807, 2.05) is 6.92 Å². The first-order chi connectivity index (χ1) is 9.91. The van der Waals surface area contributed by atoms with E-state index in [9.17, 15) is 13.5 Å². The lowest BCUT2D eigenvalue weighted by Gasteiger charge is -2.33. The molecule has 1 aliphatic heterocycles. The minimum atomic E-state index is -3.78. The average Bonchev–Trinajstić information content (AvgIpc) is 2.78. The van der Waals surface area contributed by atoms with Crippen LogP contribution in [0.15, 0.2) is 29.4 Å². The van der Waals surface area contributed by atoms with Crippen molar-refractivity contribution in [1.29, 1.82) is 0 Å². The molecule has 0 spiro atoms. The first-order valence-corrected chi connectivity index (χ1v) is 8.26. The predicted molar refractivity (Wildman–Crippen MR) is 78.2 cm³/mol.